The maximum Gasteiger partial charge on any atom is 0.125 e. The van der Waals surface area contributed by atoms with E-state index in [1.54, 1.807) is 18.5 Å². The van der Waals surface area contributed by atoms with Crippen LogP contribution in [0.2, 0.25) is 0 Å². The van der Waals surface area contributed by atoms with Gasteiger partial charge in [0.1, 0.15) is 11.3 Å². The summed E-state index contributed by atoms with van der Waals surface area (Å²) in [5.74, 6) is 0.162. The van der Waals surface area contributed by atoms with Crippen molar-refractivity contribution in [2.24, 2.45) is 0 Å². The smallest absolute Gasteiger partial charge is 0.125 e. The largest absolute Gasteiger partial charge is 0.507 e. The Bertz CT molecular complexity index is 1150. The lowest BCUT2D eigenvalue weighted by atomic mass is 10.0. The van der Waals surface area contributed by atoms with Gasteiger partial charge in [-0.1, -0.05) is 12.1 Å². The number of hydrogen-bond acceptors (Lipinski definition) is 5. The van der Waals surface area contributed by atoms with E-state index in [0.29, 0.717) is 11.3 Å². The highest BCUT2D eigenvalue weighted by molar-refractivity contribution is 5.91. The standard InChI is InChI=1S/C20H18N6O.ClH/c27-19-7-13(14-9-23-24-10-14)1-2-15(19)17-8-18-20(26-25-17)16(11-22-18)12-3-5-21-6-4-12;/h1-3,7-11,21-22,27H,4-6H2,(H,23,24);1H. The molecule has 0 saturated heterocycles. The Morgan fingerprint density at radius 1 is 1.00 bits per heavy atom. The average molecular weight is 395 g/mol. The van der Waals surface area contributed by atoms with Crippen LogP contribution in [0.15, 0.2) is 48.9 Å². The quantitative estimate of drug-likeness (QED) is 0.425. The molecule has 0 amide bonds. The molecule has 4 aromatic rings. The van der Waals surface area contributed by atoms with E-state index < -0.39 is 0 Å². The Morgan fingerprint density at radius 3 is 2.68 bits per heavy atom. The van der Waals surface area contributed by atoms with E-state index in [2.05, 4.69) is 36.8 Å². The number of benzene rings is 1. The molecule has 8 heteroatoms. The zero-order valence-electron chi connectivity index (χ0n) is 14.9. The van der Waals surface area contributed by atoms with Gasteiger partial charge < -0.3 is 15.4 Å². The lowest BCUT2D eigenvalue weighted by molar-refractivity contribution is 0.477. The van der Waals surface area contributed by atoms with E-state index in [1.807, 2.05) is 24.4 Å². The number of fused-ring (bicyclic) bond motifs is 1. The number of rotatable bonds is 3. The normalized spacial score (nSPS) is 13.9. The summed E-state index contributed by atoms with van der Waals surface area (Å²) in [6, 6.07) is 7.44. The molecule has 0 fully saturated rings. The zero-order valence-corrected chi connectivity index (χ0v) is 15.8. The molecule has 0 radical (unpaired) electrons. The molecule has 1 aromatic carbocycles. The number of aromatic hydroxyl groups is 1. The zero-order chi connectivity index (χ0) is 18.2. The minimum Gasteiger partial charge on any atom is -0.507 e. The van der Waals surface area contributed by atoms with Crippen molar-refractivity contribution in [3.8, 4) is 28.1 Å². The molecule has 0 spiro atoms. The van der Waals surface area contributed by atoms with Crippen molar-refractivity contribution in [3.05, 3.63) is 54.5 Å². The summed E-state index contributed by atoms with van der Waals surface area (Å²) in [5, 5.41) is 29.3. The van der Waals surface area contributed by atoms with Crippen LogP contribution in [0.4, 0.5) is 0 Å². The summed E-state index contributed by atoms with van der Waals surface area (Å²) in [7, 11) is 0. The number of nitrogens with one attached hydrogen (secondary N) is 3. The van der Waals surface area contributed by atoms with Gasteiger partial charge in [0.25, 0.3) is 0 Å². The van der Waals surface area contributed by atoms with E-state index in [0.717, 1.165) is 47.2 Å². The Labute approximate surface area is 167 Å². The van der Waals surface area contributed by atoms with Crippen molar-refractivity contribution in [2.45, 2.75) is 6.42 Å². The summed E-state index contributed by atoms with van der Waals surface area (Å²) in [5.41, 5.74) is 7.25. The Morgan fingerprint density at radius 2 is 1.93 bits per heavy atom. The van der Waals surface area contributed by atoms with Crippen molar-refractivity contribution in [2.75, 3.05) is 13.1 Å². The molecule has 142 valence electrons. The summed E-state index contributed by atoms with van der Waals surface area (Å²) in [6.45, 7) is 1.85. The highest BCUT2D eigenvalue weighted by Crippen LogP contribution is 2.34. The Kier molecular flexibility index (Phi) is 4.85. The predicted octanol–water partition coefficient (Wildman–Crippen LogP) is 3.52. The van der Waals surface area contributed by atoms with Gasteiger partial charge in [0.2, 0.25) is 0 Å². The minimum absolute atomic E-state index is 0. The molecule has 3 aromatic heterocycles. The fraction of sp³-hybridized carbons (Fsp3) is 0.150. The van der Waals surface area contributed by atoms with Crippen LogP contribution in [-0.4, -0.2) is 43.6 Å². The minimum atomic E-state index is 0. The molecule has 0 unspecified atom stereocenters. The average Bonchev–Trinajstić information content (AvgIpc) is 3.38. The van der Waals surface area contributed by atoms with Gasteiger partial charge in [-0.25, -0.2) is 0 Å². The Balaban J connectivity index is 0.00000192. The molecule has 4 heterocycles. The van der Waals surface area contributed by atoms with E-state index in [1.165, 1.54) is 5.57 Å². The third-order valence-corrected chi connectivity index (χ3v) is 4.94. The lowest BCUT2D eigenvalue weighted by Gasteiger charge is -2.12. The summed E-state index contributed by atoms with van der Waals surface area (Å²) in [4.78, 5) is 3.29. The third-order valence-electron chi connectivity index (χ3n) is 4.94. The van der Waals surface area contributed by atoms with Crippen LogP contribution in [-0.2, 0) is 0 Å². The molecule has 0 saturated carbocycles. The maximum atomic E-state index is 10.5. The molecule has 0 aliphatic carbocycles. The van der Waals surface area contributed by atoms with Crippen LogP contribution in [0.5, 0.6) is 5.75 Å². The molecule has 1 aliphatic heterocycles. The van der Waals surface area contributed by atoms with Crippen LogP contribution in [0.25, 0.3) is 39.0 Å². The molecule has 0 bridgehead atoms. The van der Waals surface area contributed by atoms with Gasteiger partial charge >= 0.3 is 0 Å². The number of aromatic amines is 2. The van der Waals surface area contributed by atoms with Gasteiger partial charge in [-0.3, -0.25) is 5.10 Å². The number of H-pyrrole nitrogens is 2. The first-order chi connectivity index (χ1) is 13.3. The number of halogens is 1. The molecule has 4 N–H and O–H groups in total. The summed E-state index contributed by atoms with van der Waals surface area (Å²) in [6.07, 6.45) is 8.67. The fourth-order valence-corrected chi connectivity index (χ4v) is 3.50. The van der Waals surface area contributed by atoms with Crippen LogP contribution in [0, 0.1) is 0 Å². The van der Waals surface area contributed by atoms with Crippen molar-refractivity contribution in [3.63, 3.8) is 0 Å². The Hall–Kier alpha value is -3.16. The van der Waals surface area contributed by atoms with Gasteiger partial charge in [-0.15, -0.1) is 22.6 Å². The molecule has 0 atom stereocenters. The topological polar surface area (TPSA) is 103 Å². The van der Waals surface area contributed by atoms with Gasteiger partial charge in [0, 0.05) is 35.6 Å². The van der Waals surface area contributed by atoms with Crippen molar-refractivity contribution in [1.29, 1.82) is 0 Å². The molecule has 1 aliphatic rings. The number of hydrogen-bond donors (Lipinski definition) is 4. The highest BCUT2D eigenvalue weighted by Gasteiger charge is 2.15. The molecule has 5 rings (SSSR count). The van der Waals surface area contributed by atoms with Gasteiger partial charge in [0.15, 0.2) is 0 Å². The van der Waals surface area contributed by atoms with Crippen molar-refractivity contribution < 1.29 is 5.11 Å². The molecular formula is C20H19ClN6O. The first kappa shape index (κ1) is 18.2. The van der Waals surface area contributed by atoms with Crippen molar-refractivity contribution >= 4 is 29.0 Å². The maximum absolute atomic E-state index is 10.5. The van der Waals surface area contributed by atoms with Crippen LogP contribution < -0.4 is 5.32 Å². The summed E-state index contributed by atoms with van der Waals surface area (Å²) < 4.78 is 0. The fourth-order valence-electron chi connectivity index (χ4n) is 3.50. The summed E-state index contributed by atoms with van der Waals surface area (Å²) >= 11 is 0. The number of nitrogens with zero attached hydrogens (tertiary/aromatic N) is 3. The second kappa shape index (κ2) is 7.46. The number of aromatic nitrogens is 5. The van der Waals surface area contributed by atoms with Crippen LogP contribution >= 0.6 is 12.4 Å². The second-order valence-electron chi connectivity index (χ2n) is 6.60. The number of phenolic OH excluding ortho intramolecular Hbond substituents is 1. The van der Waals surface area contributed by atoms with Crippen molar-refractivity contribution in [1.82, 2.24) is 30.7 Å². The first-order valence-electron chi connectivity index (χ1n) is 8.87. The highest BCUT2D eigenvalue weighted by atomic mass is 35.5. The first-order valence-corrected chi connectivity index (χ1v) is 8.87. The third kappa shape index (κ3) is 3.15. The SMILES string of the molecule is Cl.Oc1cc(-c2cn[nH]c2)ccc1-c1cc2[nH]cc(C3=CCNCC3)c2nn1. The van der Waals surface area contributed by atoms with Gasteiger partial charge in [0.05, 0.1) is 17.4 Å². The lowest BCUT2D eigenvalue weighted by Crippen LogP contribution is -2.19. The second-order valence-corrected chi connectivity index (χ2v) is 6.60. The molecule has 28 heavy (non-hydrogen) atoms. The van der Waals surface area contributed by atoms with Crippen LogP contribution in [0.3, 0.4) is 0 Å². The van der Waals surface area contributed by atoms with Gasteiger partial charge in [-0.05, 0) is 42.3 Å². The van der Waals surface area contributed by atoms with Gasteiger partial charge in [-0.2, -0.15) is 5.10 Å². The molecular weight excluding hydrogens is 376 g/mol. The van der Waals surface area contributed by atoms with E-state index in [4.69, 9.17) is 0 Å². The molecule has 7 nitrogen and oxygen atoms in total. The van der Waals surface area contributed by atoms with E-state index >= 15 is 0 Å². The number of phenols is 1. The monoisotopic (exact) mass is 394 g/mol. The van der Waals surface area contributed by atoms with Crippen LogP contribution in [0.1, 0.15) is 12.0 Å². The predicted molar refractivity (Wildman–Crippen MR) is 111 cm³/mol. The van der Waals surface area contributed by atoms with E-state index in [9.17, 15) is 5.11 Å². The van der Waals surface area contributed by atoms with E-state index in [-0.39, 0.29) is 18.2 Å².